The van der Waals surface area contributed by atoms with E-state index < -0.39 is 17.1 Å². The van der Waals surface area contributed by atoms with Crippen LogP contribution in [-0.2, 0) is 9.59 Å². The molecule has 0 saturated carbocycles. The van der Waals surface area contributed by atoms with Gasteiger partial charge >= 0.3 is 0 Å². The van der Waals surface area contributed by atoms with Crippen molar-refractivity contribution in [2.75, 3.05) is 4.90 Å². The first kappa shape index (κ1) is 17.4. The zero-order chi connectivity index (χ0) is 18.1. The number of aromatic carboxylic acids is 1. The van der Waals surface area contributed by atoms with Gasteiger partial charge in [-0.1, -0.05) is 29.4 Å². The Hall–Kier alpha value is -2.38. The van der Waals surface area contributed by atoms with Crippen LogP contribution < -0.4 is 10.0 Å². The maximum atomic E-state index is 12.6. The first-order valence-corrected chi connectivity index (χ1v) is 8.60. The van der Waals surface area contributed by atoms with Crippen LogP contribution in [0.1, 0.15) is 22.3 Å². The van der Waals surface area contributed by atoms with Gasteiger partial charge in [-0.05, 0) is 36.8 Å². The fourth-order valence-electron chi connectivity index (χ4n) is 2.46. The molecule has 0 unspecified atom stereocenters. The van der Waals surface area contributed by atoms with E-state index in [9.17, 15) is 19.5 Å². The molecule has 2 amide bonds. The Balaban J connectivity index is 1.87. The van der Waals surface area contributed by atoms with E-state index in [4.69, 9.17) is 11.6 Å². The van der Waals surface area contributed by atoms with Gasteiger partial charge < -0.3 is 9.90 Å². The van der Waals surface area contributed by atoms with Gasteiger partial charge in [0.25, 0.3) is 0 Å². The summed E-state index contributed by atoms with van der Waals surface area (Å²) in [4.78, 5) is 41.2. The third-order valence-electron chi connectivity index (χ3n) is 3.76. The fraction of sp³-hybridized carbons (Fsp3) is 0.176. The number of halogens is 1. The number of carboxylic acids is 1. The molecule has 0 radical (unpaired) electrons. The number of nitrogens with zero attached hydrogens (tertiary/aromatic N) is 2. The van der Waals surface area contributed by atoms with E-state index >= 15 is 0 Å². The number of rotatable bonds is 4. The Labute approximate surface area is 152 Å². The van der Waals surface area contributed by atoms with Crippen LogP contribution in [0.25, 0.3) is 0 Å². The predicted molar refractivity (Wildman–Crippen MR) is 91.5 cm³/mol. The number of amides is 2. The quantitative estimate of drug-likeness (QED) is 0.757. The van der Waals surface area contributed by atoms with Crippen molar-refractivity contribution in [2.24, 2.45) is 0 Å². The molecule has 0 N–H and O–H groups in total. The van der Waals surface area contributed by atoms with Crippen LogP contribution in [-0.4, -0.2) is 28.0 Å². The molecular formula is C17H12ClN2O4S-. The molecule has 1 fully saturated rings. The highest BCUT2D eigenvalue weighted by Gasteiger charge is 2.40. The molecule has 0 bridgehead atoms. The number of pyridine rings is 1. The van der Waals surface area contributed by atoms with Crippen molar-refractivity contribution in [1.82, 2.24) is 4.98 Å². The third-order valence-corrected chi connectivity index (χ3v) is 5.37. The maximum Gasteiger partial charge on any atom is 0.247 e. The number of imide groups is 1. The number of anilines is 1. The van der Waals surface area contributed by atoms with Crippen LogP contribution >= 0.6 is 23.4 Å². The minimum atomic E-state index is -1.38. The summed E-state index contributed by atoms with van der Waals surface area (Å²) in [6.07, 6.45) is 1.38. The average molecular weight is 376 g/mol. The van der Waals surface area contributed by atoms with Crippen molar-refractivity contribution in [3.05, 3.63) is 52.7 Å². The van der Waals surface area contributed by atoms with Gasteiger partial charge in [0.05, 0.1) is 16.9 Å². The Bertz CT molecular complexity index is 887. The number of aromatic nitrogens is 1. The Morgan fingerprint density at radius 1 is 1.36 bits per heavy atom. The SMILES string of the molecule is Cc1ccc(N2C(=O)C[C@H](Sc3ncccc3C(=O)[O-])C2=O)cc1Cl. The summed E-state index contributed by atoms with van der Waals surface area (Å²) in [5, 5.41) is 11.0. The fourth-order valence-corrected chi connectivity index (χ4v) is 3.74. The van der Waals surface area contributed by atoms with E-state index in [1.807, 2.05) is 6.92 Å². The second kappa shape index (κ2) is 6.85. The van der Waals surface area contributed by atoms with E-state index in [-0.39, 0.29) is 22.9 Å². The maximum absolute atomic E-state index is 12.6. The second-order valence-corrected chi connectivity index (χ2v) is 7.05. The molecule has 1 aliphatic rings. The largest absolute Gasteiger partial charge is 0.545 e. The highest BCUT2D eigenvalue weighted by Crippen LogP contribution is 2.35. The summed E-state index contributed by atoms with van der Waals surface area (Å²) < 4.78 is 0. The minimum absolute atomic E-state index is 0.0436. The Morgan fingerprint density at radius 3 is 2.80 bits per heavy atom. The number of hydrogen-bond acceptors (Lipinski definition) is 6. The summed E-state index contributed by atoms with van der Waals surface area (Å²) in [5.41, 5.74) is 1.13. The van der Waals surface area contributed by atoms with Crippen LogP contribution in [0.2, 0.25) is 5.02 Å². The molecule has 0 aliphatic carbocycles. The number of hydrogen-bond donors (Lipinski definition) is 0. The molecule has 128 valence electrons. The smallest absolute Gasteiger partial charge is 0.247 e. The van der Waals surface area contributed by atoms with Gasteiger partial charge in [-0.3, -0.25) is 9.59 Å². The van der Waals surface area contributed by atoms with Gasteiger partial charge in [0, 0.05) is 23.2 Å². The molecule has 1 atom stereocenters. The molecule has 1 aromatic carbocycles. The van der Waals surface area contributed by atoms with E-state index in [1.54, 1.807) is 18.2 Å². The second-order valence-electron chi connectivity index (χ2n) is 5.46. The van der Waals surface area contributed by atoms with Crippen molar-refractivity contribution >= 4 is 46.8 Å². The van der Waals surface area contributed by atoms with Crippen LogP contribution in [0.3, 0.4) is 0 Å². The van der Waals surface area contributed by atoms with Gasteiger partial charge in [0.15, 0.2) is 0 Å². The van der Waals surface area contributed by atoms with Gasteiger partial charge in [-0.15, -0.1) is 0 Å². The van der Waals surface area contributed by atoms with Gasteiger partial charge in [-0.25, -0.2) is 9.88 Å². The van der Waals surface area contributed by atoms with Gasteiger partial charge in [0.2, 0.25) is 11.8 Å². The number of benzene rings is 1. The molecule has 3 rings (SSSR count). The number of aryl methyl sites for hydroxylation is 1. The minimum Gasteiger partial charge on any atom is -0.545 e. The van der Waals surface area contributed by atoms with Gasteiger partial charge in [0.1, 0.15) is 5.03 Å². The first-order chi connectivity index (χ1) is 11.9. The zero-order valence-corrected chi connectivity index (χ0v) is 14.6. The molecule has 1 aromatic heterocycles. The highest BCUT2D eigenvalue weighted by atomic mass is 35.5. The summed E-state index contributed by atoms with van der Waals surface area (Å²) in [6.45, 7) is 1.82. The van der Waals surface area contributed by atoms with E-state index in [0.717, 1.165) is 22.2 Å². The molecular weight excluding hydrogens is 364 g/mol. The lowest BCUT2D eigenvalue weighted by Gasteiger charge is -2.16. The highest BCUT2D eigenvalue weighted by molar-refractivity contribution is 8.00. The molecule has 2 heterocycles. The lowest BCUT2D eigenvalue weighted by Crippen LogP contribution is -2.31. The van der Waals surface area contributed by atoms with E-state index in [1.165, 1.54) is 18.3 Å². The normalized spacial score (nSPS) is 17.2. The van der Waals surface area contributed by atoms with Crippen molar-refractivity contribution in [3.63, 3.8) is 0 Å². The molecule has 1 aliphatic heterocycles. The van der Waals surface area contributed by atoms with Crippen molar-refractivity contribution in [1.29, 1.82) is 0 Å². The predicted octanol–water partition coefficient (Wildman–Crippen LogP) is 1.83. The van der Waals surface area contributed by atoms with Crippen LogP contribution in [0.5, 0.6) is 0 Å². The summed E-state index contributed by atoms with van der Waals surface area (Å²) in [7, 11) is 0. The molecule has 25 heavy (non-hydrogen) atoms. The zero-order valence-electron chi connectivity index (χ0n) is 13.1. The van der Waals surface area contributed by atoms with Crippen LogP contribution in [0, 0.1) is 6.92 Å². The molecule has 1 saturated heterocycles. The average Bonchev–Trinajstić information content (AvgIpc) is 2.84. The third kappa shape index (κ3) is 3.38. The number of carboxylic acid groups (broad SMARTS) is 1. The number of carbonyl (C=O) groups is 3. The van der Waals surface area contributed by atoms with Crippen molar-refractivity contribution in [2.45, 2.75) is 23.6 Å². The van der Waals surface area contributed by atoms with Crippen molar-refractivity contribution in [3.8, 4) is 0 Å². The molecule has 6 nitrogen and oxygen atoms in total. The summed E-state index contributed by atoms with van der Waals surface area (Å²) in [5.74, 6) is -2.17. The van der Waals surface area contributed by atoms with E-state index in [2.05, 4.69) is 4.98 Å². The summed E-state index contributed by atoms with van der Waals surface area (Å²) in [6, 6.07) is 7.76. The molecule has 8 heteroatoms. The number of thioether (sulfide) groups is 1. The topological polar surface area (TPSA) is 90.4 Å². The van der Waals surface area contributed by atoms with Crippen LogP contribution in [0.4, 0.5) is 5.69 Å². The Morgan fingerprint density at radius 2 is 2.12 bits per heavy atom. The molecule has 2 aromatic rings. The standard InChI is InChI=1S/C17H13ClN2O4S/c1-9-4-5-10(7-12(9)18)20-14(21)8-13(16(20)22)25-15-11(17(23)24)3-2-6-19-15/h2-7,13H,8H2,1H3,(H,23,24)/p-1/t13-/m0/s1. The van der Waals surface area contributed by atoms with Crippen LogP contribution in [0.15, 0.2) is 41.6 Å². The number of carbonyl (C=O) groups excluding carboxylic acids is 3. The first-order valence-electron chi connectivity index (χ1n) is 7.34. The summed E-state index contributed by atoms with van der Waals surface area (Å²) >= 11 is 7.02. The Kier molecular flexibility index (Phi) is 4.78. The monoisotopic (exact) mass is 375 g/mol. The van der Waals surface area contributed by atoms with E-state index in [0.29, 0.717) is 10.7 Å². The lowest BCUT2D eigenvalue weighted by atomic mass is 10.2. The van der Waals surface area contributed by atoms with Gasteiger partial charge in [-0.2, -0.15) is 0 Å². The molecule has 0 spiro atoms. The van der Waals surface area contributed by atoms with Crippen molar-refractivity contribution < 1.29 is 19.5 Å². The lowest BCUT2D eigenvalue weighted by molar-refractivity contribution is -0.255.